The van der Waals surface area contributed by atoms with E-state index in [1.165, 1.54) is 6.08 Å². The number of carboxylic acid groups (broad SMARTS) is 1. The van der Waals surface area contributed by atoms with Crippen molar-refractivity contribution in [2.75, 3.05) is 0 Å². The van der Waals surface area contributed by atoms with Crippen molar-refractivity contribution in [2.45, 2.75) is 11.7 Å². The summed E-state index contributed by atoms with van der Waals surface area (Å²) in [6.45, 7) is 0. The summed E-state index contributed by atoms with van der Waals surface area (Å²) in [4.78, 5) is 11.3. The molecule has 0 heterocycles. The minimum Gasteiger partial charge on any atom is -0.479 e. The summed E-state index contributed by atoms with van der Waals surface area (Å²) in [6.07, 6.45) is 2.45. The van der Waals surface area contributed by atoms with E-state index in [2.05, 4.69) is 15.9 Å². The molecule has 2 rings (SSSR count). The molecule has 0 radical (unpaired) electrons. The van der Waals surface area contributed by atoms with Gasteiger partial charge < -0.3 is 10.8 Å². The summed E-state index contributed by atoms with van der Waals surface area (Å²) in [5, 5.41) is 9.12. The van der Waals surface area contributed by atoms with Crippen molar-refractivity contribution in [2.24, 2.45) is 5.73 Å². The molecule has 1 aromatic carbocycles. The minimum absolute atomic E-state index is 0.133. The van der Waals surface area contributed by atoms with Crippen molar-refractivity contribution < 1.29 is 23.1 Å². The maximum absolute atomic E-state index is 14.8. The largest absolute Gasteiger partial charge is 0.479 e. The van der Waals surface area contributed by atoms with Gasteiger partial charge >= 0.3 is 5.97 Å². The van der Waals surface area contributed by atoms with Gasteiger partial charge in [0.25, 0.3) is 5.67 Å². The average Bonchev–Trinajstić information content (AvgIpc) is 2.37. The monoisotopic (exact) mass is 347 g/mol. The molecule has 3 N–H and O–H groups in total. The number of nitrogens with two attached hydrogens (primary N) is 1. The molecule has 7 heteroatoms. The van der Waals surface area contributed by atoms with E-state index in [0.29, 0.717) is 6.07 Å². The minimum atomic E-state index is -3.01. The zero-order chi connectivity index (χ0) is 15.1. The second-order valence-electron chi connectivity index (χ2n) is 4.25. The lowest BCUT2D eigenvalue weighted by Gasteiger charge is -2.32. The Hall–Kier alpha value is -1.60. The number of carbonyl (C=O) groups is 1. The summed E-state index contributed by atoms with van der Waals surface area (Å²) < 4.78 is 41.6. The van der Waals surface area contributed by atoms with Crippen LogP contribution < -0.4 is 5.73 Å². The molecule has 0 fully saturated rings. The molecule has 106 valence electrons. The van der Waals surface area contributed by atoms with Crippen LogP contribution in [0.1, 0.15) is 5.56 Å². The highest BCUT2D eigenvalue weighted by molar-refractivity contribution is 9.11. The zero-order valence-electron chi connectivity index (χ0n) is 9.91. The number of hydrogen-bond donors (Lipinski definition) is 2. The van der Waals surface area contributed by atoms with Crippen LogP contribution >= 0.6 is 15.9 Å². The lowest BCUT2D eigenvalue weighted by Crippen LogP contribution is -2.52. The van der Waals surface area contributed by atoms with Crippen LogP contribution in [0.5, 0.6) is 0 Å². The maximum Gasteiger partial charge on any atom is 0.348 e. The number of rotatable bonds is 2. The van der Waals surface area contributed by atoms with E-state index in [9.17, 15) is 18.0 Å². The van der Waals surface area contributed by atoms with E-state index >= 15 is 0 Å². The smallest absolute Gasteiger partial charge is 0.348 e. The molecule has 20 heavy (non-hydrogen) atoms. The molecule has 1 aromatic rings. The lowest BCUT2D eigenvalue weighted by molar-refractivity contribution is -0.147. The van der Waals surface area contributed by atoms with Crippen LogP contribution in [0.3, 0.4) is 0 Å². The summed E-state index contributed by atoms with van der Waals surface area (Å²) in [7, 11) is 0. The second kappa shape index (κ2) is 5.06. The lowest BCUT2D eigenvalue weighted by atomic mass is 9.80. The van der Waals surface area contributed by atoms with Crippen LogP contribution in [0.25, 0.3) is 5.57 Å². The number of halogens is 4. The third-order valence-corrected chi connectivity index (χ3v) is 3.82. The van der Waals surface area contributed by atoms with Gasteiger partial charge in [-0.3, -0.25) is 0 Å². The number of allylic oxidation sites excluding steroid dienone is 2. The van der Waals surface area contributed by atoms with Gasteiger partial charge in [-0.2, -0.15) is 0 Å². The molecule has 3 nitrogen and oxygen atoms in total. The predicted octanol–water partition coefficient (Wildman–Crippen LogP) is 2.76. The highest BCUT2D eigenvalue weighted by atomic mass is 79.9. The first kappa shape index (κ1) is 14.8. The molecule has 0 saturated carbocycles. The fraction of sp³-hybridized carbons (Fsp3) is 0.154. The first-order valence-corrected chi connectivity index (χ1v) is 6.29. The number of benzene rings is 1. The summed E-state index contributed by atoms with van der Waals surface area (Å²) in [6, 6.07) is 0.926. The predicted molar refractivity (Wildman–Crippen MR) is 70.8 cm³/mol. The van der Waals surface area contributed by atoms with Gasteiger partial charge in [-0.25, -0.2) is 18.0 Å². The van der Waals surface area contributed by atoms with E-state index in [4.69, 9.17) is 10.8 Å². The average molecular weight is 348 g/mol. The third kappa shape index (κ3) is 2.16. The molecule has 0 saturated heterocycles. The van der Waals surface area contributed by atoms with Crippen molar-refractivity contribution in [1.29, 1.82) is 0 Å². The summed E-state index contributed by atoms with van der Waals surface area (Å²) >= 11 is 2.96. The van der Waals surface area contributed by atoms with E-state index in [1.54, 1.807) is 0 Å². The van der Waals surface area contributed by atoms with Crippen LogP contribution in [-0.4, -0.2) is 22.8 Å². The van der Waals surface area contributed by atoms with Gasteiger partial charge in [0.1, 0.15) is 11.6 Å². The standard InChI is InChI=1S/C13H9BrF3NO2/c14-9-4-3-8(13(17,11(9)18)12(19)20)7-2-1-6(15)5-10(7)16/h1-5,11H,18H2,(H,19,20). The molecule has 0 aromatic heterocycles. The van der Waals surface area contributed by atoms with E-state index < -0.39 is 34.9 Å². The van der Waals surface area contributed by atoms with Crippen molar-refractivity contribution in [3.63, 3.8) is 0 Å². The summed E-state index contributed by atoms with van der Waals surface area (Å²) in [5.41, 5.74) is 1.74. The number of aliphatic carboxylic acids is 1. The maximum atomic E-state index is 14.8. The van der Waals surface area contributed by atoms with Crippen LogP contribution in [0, 0.1) is 11.6 Å². The summed E-state index contributed by atoms with van der Waals surface area (Å²) in [5.74, 6) is -3.74. The second-order valence-corrected chi connectivity index (χ2v) is 5.17. The first-order chi connectivity index (χ1) is 9.28. The quantitative estimate of drug-likeness (QED) is 0.864. The van der Waals surface area contributed by atoms with Crippen LogP contribution in [0.2, 0.25) is 0 Å². The molecule has 0 aliphatic heterocycles. The van der Waals surface area contributed by atoms with Crippen molar-refractivity contribution >= 4 is 27.5 Å². The van der Waals surface area contributed by atoms with Crippen LogP contribution in [-0.2, 0) is 4.79 Å². The highest BCUT2D eigenvalue weighted by Crippen LogP contribution is 2.41. The Morgan fingerprint density at radius 1 is 1.35 bits per heavy atom. The Balaban J connectivity index is 2.66. The van der Waals surface area contributed by atoms with Crippen molar-refractivity contribution in [1.82, 2.24) is 0 Å². The fourth-order valence-corrected chi connectivity index (χ4v) is 2.43. The topological polar surface area (TPSA) is 63.3 Å². The highest BCUT2D eigenvalue weighted by Gasteiger charge is 2.51. The van der Waals surface area contributed by atoms with Gasteiger partial charge in [0.15, 0.2) is 0 Å². The normalized spacial score (nSPS) is 25.9. The van der Waals surface area contributed by atoms with Gasteiger partial charge in [-0.05, 0) is 18.2 Å². The molecule has 0 spiro atoms. The SMILES string of the molecule is NC1C(Br)=CC=C(c2ccc(F)cc2F)C1(F)C(=O)O. The van der Waals surface area contributed by atoms with E-state index in [1.807, 2.05) is 0 Å². The van der Waals surface area contributed by atoms with E-state index in [0.717, 1.165) is 18.2 Å². The molecule has 0 bridgehead atoms. The van der Waals surface area contributed by atoms with Gasteiger partial charge in [0.2, 0.25) is 0 Å². The molecular weight excluding hydrogens is 339 g/mol. The van der Waals surface area contributed by atoms with Crippen LogP contribution in [0.15, 0.2) is 34.8 Å². The van der Waals surface area contributed by atoms with Gasteiger partial charge in [-0.1, -0.05) is 22.0 Å². The molecule has 0 amide bonds. The molecular formula is C13H9BrF3NO2. The molecule has 2 atom stereocenters. The van der Waals surface area contributed by atoms with Gasteiger partial charge in [0.05, 0.1) is 6.04 Å². The Bertz CT molecular complexity index is 645. The Morgan fingerprint density at radius 3 is 2.55 bits per heavy atom. The number of hydrogen-bond acceptors (Lipinski definition) is 2. The Morgan fingerprint density at radius 2 is 2.00 bits per heavy atom. The Kier molecular flexibility index (Phi) is 3.75. The van der Waals surface area contributed by atoms with Crippen LogP contribution in [0.4, 0.5) is 13.2 Å². The van der Waals surface area contributed by atoms with Crippen molar-refractivity contribution in [3.05, 3.63) is 52.0 Å². The number of carboxylic acids is 1. The molecule has 2 unspecified atom stereocenters. The fourth-order valence-electron chi connectivity index (χ4n) is 1.99. The third-order valence-electron chi connectivity index (χ3n) is 3.06. The first-order valence-electron chi connectivity index (χ1n) is 5.49. The molecule has 1 aliphatic carbocycles. The van der Waals surface area contributed by atoms with E-state index in [-0.39, 0.29) is 10.0 Å². The molecule has 1 aliphatic rings. The van der Waals surface area contributed by atoms with Crippen molar-refractivity contribution in [3.8, 4) is 0 Å². The van der Waals surface area contributed by atoms with Gasteiger partial charge in [0, 0.05) is 21.7 Å². The number of alkyl halides is 1. The zero-order valence-corrected chi connectivity index (χ0v) is 11.5. The van der Waals surface area contributed by atoms with Gasteiger partial charge in [-0.15, -0.1) is 0 Å². The Labute approximate surface area is 120 Å².